The normalized spacial score (nSPS) is 12.8. The topological polar surface area (TPSA) is 23.5 Å². The number of rotatable bonds is 7. The van der Waals surface area contributed by atoms with Gasteiger partial charge in [0.2, 0.25) is 0 Å². The maximum Gasteiger partial charge on any atom is 0.0761 e. The molecule has 0 saturated heterocycles. The molecule has 1 rings (SSSR count). The summed E-state index contributed by atoms with van der Waals surface area (Å²) in [6.45, 7) is 10.7. The summed E-state index contributed by atoms with van der Waals surface area (Å²) in [4.78, 5) is 2.42. The minimum Gasteiger partial charge on any atom is -0.389 e. The van der Waals surface area contributed by atoms with Crippen LogP contribution in [0.15, 0.2) is 24.3 Å². The highest BCUT2D eigenvalue weighted by Gasteiger charge is 2.11. The van der Waals surface area contributed by atoms with Gasteiger partial charge in [0.25, 0.3) is 0 Å². The fourth-order valence-electron chi connectivity index (χ4n) is 2.24. The maximum atomic E-state index is 9.52. The van der Waals surface area contributed by atoms with E-state index in [-0.39, 0.29) is 6.10 Å². The minimum atomic E-state index is -0.381. The molecule has 2 heteroatoms. The third-order valence-corrected chi connectivity index (χ3v) is 3.76. The van der Waals surface area contributed by atoms with Crippen LogP contribution in [-0.4, -0.2) is 18.2 Å². The quantitative estimate of drug-likeness (QED) is 0.789. The molecule has 0 fully saturated rings. The van der Waals surface area contributed by atoms with Crippen LogP contribution in [-0.2, 0) is 0 Å². The fraction of sp³-hybridized carbons (Fsp3) is 0.625. The van der Waals surface area contributed by atoms with Gasteiger partial charge in [-0.2, -0.15) is 0 Å². The van der Waals surface area contributed by atoms with Gasteiger partial charge in [-0.1, -0.05) is 38.8 Å². The lowest BCUT2D eigenvalue weighted by molar-refractivity contribution is 0.199. The van der Waals surface area contributed by atoms with Crippen LogP contribution in [0.5, 0.6) is 0 Å². The van der Waals surface area contributed by atoms with Crippen molar-refractivity contribution in [1.29, 1.82) is 0 Å². The van der Waals surface area contributed by atoms with E-state index in [4.69, 9.17) is 0 Å². The molecule has 18 heavy (non-hydrogen) atoms. The lowest BCUT2D eigenvalue weighted by Gasteiger charge is -2.27. The molecule has 0 spiro atoms. The first-order chi connectivity index (χ1) is 8.62. The van der Waals surface area contributed by atoms with Gasteiger partial charge in [0.05, 0.1) is 6.10 Å². The molecule has 1 atom stereocenters. The van der Waals surface area contributed by atoms with Crippen LogP contribution in [0.3, 0.4) is 0 Å². The number of anilines is 1. The van der Waals surface area contributed by atoms with E-state index in [0.717, 1.165) is 24.6 Å². The van der Waals surface area contributed by atoms with Crippen molar-refractivity contribution in [3.8, 4) is 0 Å². The molecule has 1 N–H and O–H groups in total. The number of aliphatic hydroxyl groups is 1. The van der Waals surface area contributed by atoms with Gasteiger partial charge in [0, 0.05) is 18.8 Å². The Bertz CT molecular complexity index is 327. The molecule has 0 bridgehead atoms. The maximum absolute atomic E-state index is 9.52. The van der Waals surface area contributed by atoms with E-state index in [2.05, 4.69) is 37.8 Å². The zero-order chi connectivity index (χ0) is 13.5. The second kappa shape index (κ2) is 7.42. The van der Waals surface area contributed by atoms with Gasteiger partial charge in [-0.25, -0.2) is 0 Å². The Hall–Kier alpha value is -1.02. The largest absolute Gasteiger partial charge is 0.389 e. The molecule has 1 aromatic carbocycles. The van der Waals surface area contributed by atoms with E-state index in [9.17, 15) is 5.11 Å². The fourth-order valence-corrected chi connectivity index (χ4v) is 2.24. The van der Waals surface area contributed by atoms with Gasteiger partial charge in [-0.3, -0.25) is 0 Å². The van der Waals surface area contributed by atoms with Crippen LogP contribution in [0.1, 0.15) is 52.2 Å². The van der Waals surface area contributed by atoms with E-state index < -0.39 is 0 Å². The molecule has 0 amide bonds. The summed E-state index contributed by atoms with van der Waals surface area (Å²) < 4.78 is 0. The van der Waals surface area contributed by atoms with Crippen LogP contribution in [0.4, 0.5) is 5.69 Å². The molecule has 1 aromatic rings. The van der Waals surface area contributed by atoms with Crippen molar-refractivity contribution in [2.45, 2.75) is 46.6 Å². The van der Waals surface area contributed by atoms with E-state index in [1.165, 1.54) is 18.5 Å². The molecule has 0 aliphatic heterocycles. The number of benzene rings is 1. The minimum absolute atomic E-state index is 0.381. The summed E-state index contributed by atoms with van der Waals surface area (Å²) in [5.74, 6) is 0.765. The second-order valence-corrected chi connectivity index (χ2v) is 4.99. The molecule has 0 aliphatic rings. The van der Waals surface area contributed by atoms with Gasteiger partial charge in [-0.15, -0.1) is 0 Å². The highest BCUT2D eigenvalue weighted by molar-refractivity contribution is 5.47. The van der Waals surface area contributed by atoms with E-state index >= 15 is 0 Å². The SMILES string of the molecule is CCC(CC)CN(CC)c1ccc([C@H](C)O)cc1. The standard InChI is InChI=1S/C16H27NO/c1-5-14(6-2)12-17(7-3)16-10-8-15(9-11-16)13(4)18/h8-11,13-14,18H,5-7,12H2,1-4H3/t13-/m0/s1. The van der Waals surface area contributed by atoms with Crippen molar-refractivity contribution >= 4 is 5.69 Å². The van der Waals surface area contributed by atoms with Crippen molar-refractivity contribution in [3.63, 3.8) is 0 Å². The molecular formula is C16H27NO. The number of nitrogens with zero attached hydrogens (tertiary/aromatic N) is 1. The lowest BCUT2D eigenvalue weighted by Crippen LogP contribution is -2.28. The summed E-state index contributed by atoms with van der Waals surface area (Å²) in [5, 5.41) is 9.52. The highest BCUT2D eigenvalue weighted by atomic mass is 16.3. The van der Waals surface area contributed by atoms with Crippen molar-refractivity contribution in [3.05, 3.63) is 29.8 Å². The Morgan fingerprint density at radius 1 is 1.06 bits per heavy atom. The Kier molecular flexibility index (Phi) is 6.20. The Labute approximate surface area is 112 Å². The van der Waals surface area contributed by atoms with Crippen LogP contribution in [0.25, 0.3) is 0 Å². The molecule has 0 aliphatic carbocycles. The first-order valence-corrected chi connectivity index (χ1v) is 7.15. The molecular weight excluding hydrogens is 222 g/mol. The van der Waals surface area contributed by atoms with E-state index in [0.29, 0.717) is 0 Å². The van der Waals surface area contributed by atoms with Crippen molar-refractivity contribution in [2.75, 3.05) is 18.0 Å². The van der Waals surface area contributed by atoms with Gasteiger partial charge >= 0.3 is 0 Å². The van der Waals surface area contributed by atoms with E-state index in [1.54, 1.807) is 6.92 Å². The summed E-state index contributed by atoms with van der Waals surface area (Å²) >= 11 is 0. The third-order valence-electron chi connectivity index (χ3n) is 3.76. The molecule has 0 aromatic heterocycles. The second-order valence-electron chi connectivity index (χ2n) is 4.99. The zero-order valence-electron chi connectivity index (χ0n) is 12.2. The molecule has 0 unspecified atom stereocenters. The summed E-state index contributed by atoms with van der Waals surface area (Å²) in [7, 11) is 0. The Balaban J connectivity index is 2.75. The molecule has 102 valence electrons. The third kappa shape index (κ3) is 4.02. The number of hydrogen-bond donors (Lipinski definition) is 1. The average Bonchev–Trinajstić information content (AvgIpc) is 2.40. The molecule has 0 saturated carbocycles. The van der Waals surface area contributed by atoms with Crippen LogP contribution >= 0.6 is 0 Å². The van der Waals surface area contributed by atoms with Crippen LogP contribution < -0.4 is 4.90 Å². The first kappa shape index (κ1) is 15.0. The smallest absolute Gasteiger partial charge is 0.0761 e. The van der Waals surface area contributed by atoms with E-state index in [1.807, 2.05) is 12.1 Å². The van der Waals surface area contributed by atoms with Crippen molar-refractivity contribution < 1.29 is 5.11 Å². The van der Waals surface area contributed by atoms with Crippen molar-refractivity contribution in [1.82, 2.24) is 0 Å². The summed E-state index contributed by atoms with van der Waals surface area (Å²) in [6, 6.07) is 8.28. The van der Waals surface area contributed by atoms with Crippen LogP contribution in [0, 0.1) is 5.92 Å². The Morgan fingerprint density at radius 3 is 2.00 bits per heavy atom. The Morgan fingerprint density at radius 2 is 1.61 bits per heavy atom. The van der Waals surface area contributed by atoms with Gasteiger partial charge in [0.15, 0.2) is 0 Å². The van der Waals surface area contributed by atoms with Crippen molar-refractivity contribution in [2.24, 2.45) is 5.92 Å². The molecule has 0 heterocycles. The number of aliphatic hydroxyl groups excluding tert-OH is 1. The monoisotopic (exact) mass is 249 g/mol. The summed E-state index contributed by atoms with van der Waals surface area (Å²) in [5.41, 5.74) is 2.24. The van der Waals surface area contributed by atoms with Gasteiger partial charge in [-0.05, 0) is 37.5 Å². The first-order valence-electron chi connectivity index (χ1n) is 7.15. The van der Waals surface area contributed by atoms with Gasteiger partial charge < -0.3 is 10.0 Å². The average molecular weight is 249 g/mol. The van der Waals surface area contributed by atoms with Gasteiger partial charge in [0.1, 0.15) is 0 Å². The highest BCUT2D eigenvalue weighted by Crippen LogP contribution is 2.21. The van der Waals surface area contributed by atoms with Crippen LogP contribution in [0.2, 0.25) is 0 Å². The zero-order valence-corrected chi connectivity index (χ0v) is 12.2. The lowest BCUT2D eigenvalue weighted by atomic mass is 10.0. The predicted octanol–water partition coefficient (Wildman–Crippen LogP) is 4.00. The summed E-state index contributed by atoms with van der Waals surface area (Å²) in [6.07, 6.45) is 2.09. The molecule has 2 nitrogen and oxygen atoms in total. The number of hydrogen-bond acceptors (Lipinski definition) is 2. The molecule has 0 radical (unpaired) electrons. The predicted molar refractivity (Wildman–Crippen MR) is 79.0 cm³/mol.